The number of pyridine rings is 1. The summed E-state index contributed by atoms with van der Waals surface area (Å²) in [4.78, 5) is 31.6. The number of amides is 2. The Bertz CT molecular complexity index is 1780. The molecule has 0 atom stereocenters. The van der Waals surface area contributed by atoms with Gasteiger partial charge in [0.1, 0.15) is 5.75 Å². The number of hydrogen-bond acceptors (Lipinski definition) is 6. The fourth-order valence-corrected chi connectivity index (χ4v) is 5.27. The molecule has 9 nitrogen and oxygen atoms in total. The maximum Gasteiger partial charge on any atom is 0.337 e. The van der Waals surface area contributed by atoms with Gasteiger partial charge in [0.05, 0.1) is 35.1 Å². The normalized spacial score (nSPS) is 10.9. The molecule has 0 aliphatic carbocycles. The van der Waals surface area contributed by atoms with Gasteiger partial charge in [0.25, 0.3) is 0 Å². The van der Waals surface area contributed by atoms with E-state index < -0.39 is 12.0 Å². The van der Waals surface area contributed by atoms with Gasteiger partial charge < -0.3 is 30.7 Å². The van der Waals surface area contributed by atoms with Crippen molar-refractivity contribution in [2.75, 3.05) is 52.8 Å². The molecule has 5 aromatic rings. The zero-order valence-corrected chi connectivity index (χ0v) is 24.7. The van der Waals surface area contributed by atoms with Crippen molar-refractivity contribution < 1.29 is 19.4 Å². The second kappa shape index (κ2) is 13.5. The summed E-state index contributed by atoms with van der Waals surface area (Å²) in [5.41, 5.74) is 4.44. The molecule has 0 unspecified atom stereocenters. The molecular weight excluding hydrogens is 589 g/mol. The van der Waals surface area contributed by atoms with E-state index in [-0.39, 0.29) is 5.56 Å². The van der Waals surface area contributed by atoms with E-state index in [1.54, 1.807) is 31.4 Å². The first-order chi connectivity index (χ1) is 20.9. The zero-order valence-electron chi connectivity index (χ0n) is 23.2. The monoisotopic (exact) mass is 617 g/mol. The van der Waals surface area contributed by atoms with Gasteiger partial charge in [-0.05, 0) is 54.6 Å². The average molecular weight is 619 g/mol. The third kappa shape index (κ3) is 6.69. The summed E-state index contributed by atoms with van der Waals surface area (Å²) in [7, 11) is 1.55. The van der Waals surface area contributed by atoms with Gasteiger partial charge in [0, 0.05) is 52.7 Å². The van der Waals surface area contributed by atoms with Crippen LogP contribution in [0.5, 0.6) is 5.75 Å². The first kappa shape index (κ1) is 29.8. The van der Waals surface area contributed by atoms with Crippen LogP contribution < -0.4 is 25.6 Å². The summed E-state index contributed by atoms with van der Waals surface area (Å²) in [5, 5.41) is 20.4. The Morgan fingerprint density at radius 2 is 1.53 bits per heavy atom. The van der Waals surface area contributed by atoms with Gasteiger partial charge in [0.2, 0.25) is 0 Å². The summed E-state index contributed by atoms with van der Waals surface area (Å²) in [6.07, 6.45) is 0. The predicted octanol–water partition coefficient (Wildman–Crippen LogP) is 7.77. The van der Waals surface area contributed by atoms with Crippen molar-refractivity contribution in [2.24, 2.45) is 0 Å². The second-order valence-corrected chi connectivity index (χ2v) is 10.3. The van der Waals surface area contributed by atoms with E-state index >= 15 is 0 Å². The number of ether oxygens (including phenoxy) is 1. The summed E-state index contributed by atoms with van der Waals surface area (Å²) >= 11 is 11.8. The van der Waals surface area contributed by atoms with Gasteiger partial charge in [-0.15, -0.1) is 23.2 Å². The van der Waals surface area contributed by atoms with E-state index in [1.165, 1.54) is 6.07 Å². The number of aromatic carboxylic acids is 1. The van der Waals surface area contributed by atoms with Crippen LogP contribution in [-0.4, -0.2) is 54.1 Å². The highest BCUT2D eigenvalue weighted by Crippen LogP contribution is 2.38. The summed E-state index contributed by atoms with van der Waals surface area (Å²) in [5.74, 6) is 0.430. The number of methoxy groups -OCH3 is 1. The molecule has 1 heterocycles. The third-order valence-corrected chi connectivity index (χ3v) is 7.20. The highest BCUT2D eigenvalue weighted by Gasteiger charge is 2.17. The predicted molar refractivity (Wildman–Crippen MR) is 175 cm³/mol. The van der Waals surface area contributed by atoms with Gasteiger partial charge in [-0.25, -0.2) is 14.6 Å². The lowest BCUT2D eigenvalue weighted by molar-refractivity contribution is 0.0699. The maximum absolute atomic E-state index is 12.9. The van der Waals surface area contributed by atoms with Gasteiger partial charge in [-0.3, -0.25) is 0 Å². The van der Waals surface area contributed by atoms with Crippen molar-refractivity contribution >= 4 is 85.4 Å². The summed E-state index contributed by atoms with van der Waals surface area (Å²) in [6.45, 7) is 1.34. The van der Waals surface area contributed by atoms with E-state index in [2.05, 4.69) is 25.8 Å². The molecule has 0 aliphatic heterocycles. The number of nitrogens with zero attached hydrogens (tertiary/aromatic N) is 2. The minimum Gasteiger partial charge on any atom is -0.495 e. The molecule has 0 spiro atoms. The largest absolute Gasteiger partial charge is 0.495 e. The van der Waals surface area contributed by atoms with E-state index in [0.29, 0.717) is 69.8 Å². The third-order valence-electron chi connectivity index (χ3n) is 6.86. The minimum absolute atomic E-state index is 0.101. The highest BCUT2D eigenvalue weighted by molar-refractivity contribution is 6.18. The number of carbonyl (C=O) groups excluding carboxylic acids is 1. The lowest BCUT2D eigenvalue weighted by Crippen LogP contribution is -2.27. The lowest BCUT2D eigenvalue weighted by atomic mass is 10.0. The first-order valence-electron chi connectivity index (χ1n) is 13.5. The van der Waals surface area contributed by atoms with Crippen molar-refractivity contribution in [1.29, 1.82) is 0 Å². The first-order valence-corrected chi connectivity index (χ1v) is 14.5. The Hall–Kier alpha value is -4.73. The van der Waals surface area contributed by atoms with Crippen LogP contribution in [0.3, 0.4) is 0 Å². The van der Waals surface area contributed by atoms with Gasteiger partial charge >= 0.3 is 12.0 Å². The van der Waals surface area contributed by atoms with Crippen molar-refractivity contribution in [3.8, 4) is 5.75 Å². The number of urea groups is 1. The summed E-state index contributed by atoms with van der Waals surface area (Å²) < 4.78 is 5.60. The number of alkyl halides is 2. The van der Waals surface area contributed by atoms with E-state index in [4.69, 9.17) is 27.9 Å². The van der Waals surface area contributed by atoms with Gasteiger partial charge in [-0.2, -0.15) is 0 Å². The fourth-order valence-electron chi connectivity index (χ4n) is 4.86. The van der Waals surface area contributed by atoms with Crippen LogP contribution in [0.15, 0.2) is 84.9 Å². The molecule has 0 radical (unpaired) electrons. The van der Waals surface area contributed by atoms with E-state index in [1.807, 2.05) is 54.6 Å². The number of fused-ring (bicyclic) bond motifs is 2. The number of hydrogen-bond donors (Lipinski definition) is 4. The second-order valence-electron chi connectivity index (χ2n) is 9.54. The maximum atomic E-state index is 12.9. The van der Waals surface area contributed by atoms with Gasteiger partial charge in [0.15, 0.2) is 0 Å². The number of carbonyl (C=O) groups is 2. The van der Waals surface area contributed by atoms with E-state index in [9.17, 15) is 14.7 Å². The summed E-state index contributed by atoms with van der Waals surface area (Å²) in [6, 6.07) is 24.8. The number of para-hydroxylation sites is 2. The Kier molecular flexibility index (Phi) is 9.34. The minimum atomic E-state index is -1.06. The van der Waals surface area contributed by atoms with Crippen LogP contribution in [0.2, 0.25) is 0 Å². The number of nitrogens with one attached hydrogen (secondary N) is 3. The van der Waals surface area contributed by atoms with Crippen LogP contribution in [0.25, 0.3) is 21.8 Å². The molecule has 2 amide bonds. The Labute approximate surface area is 258 Å². The molecule has 4 aromatic carbocycles. The molecule has 43 heavy (non-hydrogen) atoms. The molecular formula is C32H29Cl2N5O4. The molecule has 220 valence electrons. The SMILES string of the molecule is COc1ccc(NC(=O)Nc2ccc(N(CCCl)CCCl)cc2)cc1Nc1c2ccccc2nc2c(C(=O)O)cccc12. The van der Waals surface area contributed by atoms with Crippen LogP contribution in [0, 0.1) is 0 Å². The number of rotatable bonds is 11. The number of benzene rings is 4. The number of aromatic nitrogens is 1. The Morgan fingerprint density at radius 1 is 0.860 bits per heavy atom. The number of halogens is 2. The van der Waals surface area contributed by atoms with Gasteiger partial charge in [-0.1, -0.05) is 30.3 Å². The molecule has 0 saturated carbocycles. The molecule has 0 saturated heterocycles. The van der Waals surface area contributed by atoms with E-state index in [0.717, 1.165) is 11.1 Å². The van der Waals surface area contributed by atoms with Crippen LogP contribution >= 0.6 is 23.2 Å². The standard InChI is InChI=1S/C32H29Cl2N5O4/c1-43-28-14-11-21(36-32(42)35-20-9-12-22(13-10-20)39(17-15-33)18-16-34)19-27(28)38-29-23-5-2-3-8-26(23)37-30-24(29)6-4-7-25(30)31(40)41/h2-14,19H,15-18H2,1H3,(H,37,38)(H,40,41)(H2,35,36,42). The Balaban J connectivity index is 1.41. The van der Waals surface area contributed by atoms with Crippen LogP contribution in [-0.2, 0) is 0 Å². The van der Waals surface area contributed by atoms with Crippen LogP contribution in [0.1, 0.15) is 10.4 Å². The molecule has 4 N–H and O–H groups in total. The smallest absolute Gasteiger partial charge is 0.337 e. The molecule has 11 heteroatoms. The number of carboxylic acid groups (broad SMARTS) is 1. The van der Waals surface area contributed by atoms with Crippen molar-refractivity contribution in [3.63, 3.8) is 0 Å². The lowest BCUT2D eigenvalue weighted by Gasteiger charge is -2.23. The quantitative estimate of drug-likeness (QED) is 0.0883. The average Bonchev–Trinajstić information content (AvgIpc) is 3.01. The van der Waals surface area contributed by atoms with Crippen molar-refractivity contribution in [1.82, 2.24) is 4.98 Å². The molecule has 0 aliphatic rings. The molecule has 0 fully saturated rings. The topological polar surface area (TPSA) is 116 Å². The molecule has 0 bridgehead atoms. The Morgan fingerprint density at radius 3 is 2.23 bits per heavy atom. The van der Waals surface area contributed by atoms with Crippen molar-refractivity contribution in [3.05, 3.63) is 90.5 Å². The number of carboxylic acids is 1. The van der Waals surface area contributed by atoms with Crippen molar-refractivity contribution in [2.45, 2.75) is 0 Å². The molecule has 5 rings (SSSR count). The molecule has 1 aromatic heterocycles. The zero-order chi connectivity index (χ0) is 30.3. The fraction of sp³-hybridized carbons (Fsp3) is 0.156. The van der Waals surface area contributed by atoms with Crippen LogP contribution in [0.4, 0.5) is 33.2 Å². The number of anilines is 5. The highest BCUT2D eigenvalue weighted by atomic mass is 35.5.